The fraction of sp³-hybridized carbons (Fsp3) is 0.857. The number of rotatable bonds is 17. The largest absolute Gasteiger partial charge is 0.471 e. The minimum Gasteiger partial charge on any atom is -0.471 e. The minimum absolute atomic E-state index is 0.0161. The van der Waals surface area contributed by atoms with E-state index in [2.05, 4.69) is 0 Å². The average Bonchev–Trinajstić information content (AvgIpc) is 3.74. The molecule has 62 heavy (non-hydrogen) atoms. The molecule has 0 amide bonds. The second-order valence-corrected chi connectivity index (χ2v) is 18.5. The molecule has 4 aliphatic heterocycles. The van der Waals surface area contributed by atoms with Crippen LogP contribution in [0.25, 0.3) is 0 Å². The Balaban J connectivity index is 0.926. The molecular formula is C42H66O20. The highest BCUT2D eigenvalue weighted by Gasteiger charge is 2.57. The molecule has 0 aromatic rings. The Morgan fingerprint density at radius 1 is 0.710 bits per heavy atom. The Morgan fingerprint density at radius 3 is 1.89 bits per heavy atom. The molecule has 2 saturated heterocycles. The van der Waals surface area contributed by atoms with Crippen LogP contribution in [0.15, 0.2) is 23.7 Å². The van der Waals surface area contributed by atoms with Crippen molar-refractivity contribution in [2.24, 2.45) is 35.5 Å². The van der Waals surface area contributed by atoms with Gasteiger partial charge in [0.2, 0.25) is 18.3 Å². The summed E-state index contributed by atoms with van der Waals surface area (Å²) in [5, 5.41) is 103. The van der Waals surface area contributed by atoms with Gasteiger partial charge in [-0.05, 0) is 76.2 Å². The van der Waals surface area contributed by atoms with Gasteiger partial charge in [-0.3, -0.25) is 0 Å². The van der Waals surface area contributed by atoms with Crippen molar-refractivity contribution in [3.8, 4) is 0 Å². The number of allylic oxidation sites excluding steroid dienone is 1. The summed E-state index contributed by atoms with van der Waals surface area (Å²) in [6.07, 6.45) is -10.4. The van der Waals surface area contributed by atoms with Crippen molar-refractivity contribution in [2.45, 2.75) is 164 Å². The smallest absolute Gasteiger partial charge is 0.373 e. The van der Waals surface area contributed by atoms with Gasteiger partial charge in [0.25, 0.3) is 0 Å². The Morgan fingerprint density at radius 2 is 1.27 bits per heavy atom. The van der Waals surface area contributed by atoms with E-state index >= 15 is 0 Å². The lowest BCUT2D eigenvalue weighted by atomic mass is 9.81. The monoisotopic (exact) mass is 890 g/mol. The quantitative estimate of drug-likeness (QED) is 0.0749. The molecule has 2 saturated carbocycles. The number of aliphatic hydroxyl groups excluding tert-OH is 8. The first-order valence-electron chi connectivity index (χ1n) is 21.7. The van der Waals surface area contributed by atoms with E-state index in [0.717, 1.165) is 19.3 Å². The van der Waals surface area contributed by atoms with Crippen molar-refractivity contribution in [3.05, 3.63) is 23.7 Å². The van der Waals surface area contributed by atoms with Crippen molar-refractivity contribution < 1.29 is 98.5 Å². The molecule has 20 nitrogen and oxygen atoms in total. The van der Waals surface area contributed by atoms with E-state index < -0.39 is 128 Å². The van der Waals surface area contributed by atoms with E-state index in [4.69, 9.17) is 37.9 Å². The second-order valence-electron chi connectivity index (χ2n) is 18.5. The highest BCUT2D eigenvalue weighted by molar-refractivity contribution is 5.89. The van der Waals surface area contributed by atoms with Gasteiger partial charge >= 0.3 is 11.9 Å². The van der Waals surface area contributed by atoms with Crippen molar-refractivity contribution in [2.75, 3.05) is 26.4 Å². The first-order valence-corrected chi connectivity index (χ1v) is 21.7. The van der Waals surface area contributed by atoms with Crippen LogP contribution >= 0.6 is 0 Å². The molecule has 20 atom stereocenters. The van der Waals surface area contributed by atoms with E-state index in [-0.39, 0.29) is 42.3 Å². The fourth-order valence-corrected chi connectivity index (χ4v) is 9.69. The van der Waals surface area contributed by atoms with Crippen molar-refractivity contribution in [3.63, 3.8) is 0 Å². The van der Waals surface area contributed by atoms with Crippen LogP contribution in [0.5, 0.6) is 0 Å². The maximum absolute atomic E-state index is 13.3. The summed E-state index contributed by atoms with van der Waals surface area (Å²) in [5.41, 5.74) is -2.34. The molecule has 6 rings (SSSR count). The molecule has 0 bridgehead atoms. The minimum atomic E-state index is -1.70. The summed E-state index contributed by atoms with van der Waals surface area (Å²) in [7, 11) is 0. The molecule has 0 radical (unpaired) electrons. The van der Waals surface area contributed by atoms with Gasteiger partial charge in [-0.15, -0.1) is 0 Å². The van der Waals surface area contributed by atoms with Crippen LogP contribution in [0.4, 0.5) is 0 Å². The van der Waals surface area contributed by atoms with Crippen LogP contribution in [0.3, 0.4) is 0 Å². The van der Waals surface area contributed by atoms with Crippen molar-refractivity contribution >= 4 is 11.9 Å². The maximum Gasteiger partial charge on any atom is 0.373 e. The predicted molar refractivity (Wildman–Crippen MR) is 208 cm³/mol. The number of aliphatic hydroxyl groups is 10. The molecule has 354 valence electrons. The zero-order valence-corrected chi connectivity index (χ0v) is 35.6. The van der Waals surface area contributed by atoms with Gasteiger partial charge in [-0.2, -0.15) is 0 Å². The SMILES string of the molecule is C[C@H](CCC[C@H](C)COC(=O)C1=C[C@H]2CC[C@](C)(O)[C@H]2[C@H](O[C@@H]2O[C@H](CO)[C@@H](O)[C@H](O)[C@H]2O)O1)CCOC(=O)C1=CO[C@@H](O[C@@H]2O[C@H](CO)[C@@H](O)[C@H](O)[C@H]2O)[C@H]2[C@@H]1CC[C@]2(C)O. The average molecular weight is 891 g/mol. The van der Waals surface area contributed by atoms with E-state index in [9.17, 15) is 60.7 Å². The van der Waals surface area contributed by atoms with Crippen LogP contribution in [-0.4, -0.2) is 175 Å². The number of carbonyl (C=O) groups excluding carboxylic acids is 2. The molecule has 0 unspecified atom stereocenters. The molecule has 4 fully saturated rings. The molecule has 0 aromatic heterocycles. The first-order chi connectivity index (χ1) is 29.3. The molecule has 0 spiro atoms. The van der Waals surface area contributed by atoms with Crippen molar-refractivity contribution in [1.82, 2.24) is 0 Å². The van der Waals surface area contributed by atoms with E-state index in [1.165, 1.54) is 6.26 Å². The van der Waals surface area contributed by atoms with Crippen LogP contribution in [0.2, 0.25) is 0 Å². The molecule has 6 aliphatic rings. The zero-order valence-electron chi connectivity index (χ0n) is 35.6. The Kier molecular flexibility index (Phi) is 16.0. The number of esters is 2. The standard InChI is InChI=1S/C42H66O20/c1-19(10-13-55-35(51)23-18-57-37(28-22(23)9-12-42(28,4)54)61-39-33(49)31(47)29(45)25(15-43)59-39)6-5-7-20(2)17-56-36(52)24-14-21-8-11-41(3,53)27(21)38(58-24)62-40-34(50)32(48)30(46)26(16-44)60-40/h14,18-22,25-34,37-40,43-50,53-54H,5-13,15-17H2,1-4H3/t19-,20+,21-,22-,25-,26-,27-,28-,29-,30-,31+,32+,33-,34-,37+,38+,39+,40+,41+,42+/m1/s1. The van der Waals surface area contributed by atoms with Gasteiger partial charge in [0.05, 0.1) is 61.3 Å². The number of hydrogen-bond donors (Lipinski definition) is 10. The molecule has 10 N–H and O–H groups in total. The van der Waals surface area contributed by atoms with Crippen LogP contribution in [0, 0.1) is 35.5 Å². The summed E-state index contributed by atoms with van der Waals surface area (Å²) in [4.78, 5) is 26.5. The molecule has 4 heterocycles. The zero-order chi connectivity index (χ0) is 45.3. The number of ether oxygens (including phenoxy) is 8. The van der Waals surface area contributed by atoms with Gasteiger partial charge in [0.15, 0.2) is 12.6 Å². The number of fused-ring (bicyclic) bond motifs is 2. The number of carbonyl (C=O) groups is 2. The Hall–Kier alpha value is -2.54. The highest BCUT2D eigenvalue weighted by atomic mass is 16.8. The summed E-state index contributed by atoms with van der Waals surface area (Å²) in [6, 6.07) is 0. The second kappa shape index (κ2) is 20.3. The van der Waals surface area contributed by atoms with Gasteiger partial charge in [0, 0.05) is 5.92 Å². The summed E-state index contributed by atoms with van der Waals surface area (Å²) in [6.45, 7) is 6.12. The molecule has 0 aromatic carbocycles. The van der Waals surface area contributed by atoms with E-state index in [0.29, 0.717) is 32.1 Å². The summed E-state index contributed by atoms with van der Waals surface area (Å²) in [5.74, 6) is -3.54. The summed E-state index contributed by atoms with van der Waals surface area (Å²) >= 11 is 0. The van der Waals surface area contributed by atoms with E-state index in [1.807, 2.05) is 13.8 Å². The van der Waals surface area contributed by atoms with E-state index in [1.54, 1.807) is 19.9 Å². The van der Waals surface area contributed by atoms with Crippen molar-refractivity contribution in [1.29, 1.82) is 0 Å². The highest BCUT2D eigenvalue weighted by Crippen LogP contribution is 2.50. The van der Waals surface area contributed by atoms with Crippen LogP contribution < -0.4 is 0 Å². The van der Waals surface area contributed by atoms with Crippen LogP contribution in [0.1, 0.15) is 79.1 Å². The summed E-state index contributed by atoms with van der Waals surface area (Å²) < 4.78 is 45.6. The van der Waals surface area contributed by atoms with Gasteiger partial charge in [0.1, 0.15) is 48.8 Å². The molecular weight excluding hydrogens is 824 g/mol. The lowest BCUT2D eigenvalue weighted by Gasteiger charge is -2.44. The third kappa shape index (κ3) is 10.6. The number of hydrogen-bond acceptors (Lipinski definition) is 20. The maximum atomic E-state index is 13.3. The Labute approximate surface area is 359 Å². The lowest BCUT2D eigenvalue weighted by Crippen LogP contribution is -2.60. The molecule has 20 heteroatoms. The van der Waals surface area contributed by atoms with Gasteiger partial charge in [-0.25, -0.2) is 9.59 Å². The predicted octanol–water partition coefficient (Wildman–Crippen LogP) is -1.43. The third-order valence-electron chi connectivity index (χ3n) is 13.6. The van der Waals surface area contributed by atoms with Crippen LogP contribution in [-0.2, 0) is 47.5 Å². The lowest BCUT2D eigenvalue weighted by molar-refractivity contribution is -0.347. The van der Waals surface area contributed by atoms with Gasteiger partial charge < -0.3 is 89.0 Å². The fourth-order valence-electron chi connectivity index (χ4n) is 9.69. The first kappa shape index (κ1) is 48.9. The molecule has 2 aliphatic carbocycles. The topological polar surface area (TPSA) is 310 Å². The Bertz CT molecular complexity index is 1580. The third-order valence-corrected chi connectivity index (χ3v) is 13.6. The van der Waals surface area contributed by atoms with Gasteiger partial charge in [-0.1, -0.05) is 26.7 Å². The normalized spacial score (nSPS) is 43.8.